The van der Waals surface area contributed by atoms with Crippen molar-refractivity contribution >= 4 is 17.4 Å². The normalized spacial score (nSPS) is 17.0. The summed E-state index contributed by atoms with van der Waals surface area (Å²) < 4.78 is 14.7. The van der Waals surface area contributed by atoms with Crippen molar-refractivity contribution in [1.29, 1.82) is 0 Å². The lowest BCUT2D eigenvalue weighted by molar-refractivity contribution is -0.138. The molecular formula is C17H15FN2O3. The average molecular weight is 314 g/mol. The van der Waals surface area contributed by atoms with Crippen LogP contribution in [0.25, 0.3) is 5.76 Å². The van der Waals surface area contributed by atoms with Gasteiger partial charge in [0, 0.05) is 19.8 Å². The van der Waals surface area contributed by atoms with Crippen LogP contribution in [-0.2, 0) is 16.1 Å². The fourth-order valence-corrected chi connectivity index (χ4v) is 2.57. The molecule has 0 bridgehead atoms. The lowest BCUT2D eigenvalue weighted by Crippen LogP contribution is -2.22. The number of ketones is 1. The van der Waals surface area contributed by atoms with E-state index in [9.17, 15) is 19.1 Å². The maximum absolute atomic E-state index is 13.0. The minimum Gasteiger partial charge on any atom is -0.505 e. The molecule has 1 aliphatic rings. The molecule has 1 aliphatic heterocycles. The Morgan fingerprint density at radius 2 is 1.91 bits per heavy atom. The standard InChI is InChI=1S/C17H15FN2O3/c1-19-10-13(16(22)17(19)23)15(21)14-3-2-8-20(14)9-11-4-6-12(18)7-5-11/h2-8,21H,9-10H2,1H3. The third-order valence-electron chi connectivity index (χ3n) is 3.83. The summed E-state index contributed by atoms with van der Waals surface area (Å²) in [6.07, 6.45) is 1.75. The minimum absolute atomic E-state index is 0.0885. The van der Waals surface area contributed by atoms with E-state index in [4.69, 9.17) is 0 Å². The van der Waals surface area contributed by atoms with Crippen molar-refractivity contribution < 1.29 is 19.1 Å². The van der Waals surface area contributed by atoms with Gasteiger partial charge in [-0.2, -0.15) is 0 Å². The zero-order valence-corrected chi connectivity index (χ0v) is 12.5. The Hall–Kier alpha value is -2.89. The van der Waals surface area contributed by atoms with Gasteiger partial charge in [-0.1, -0.05) is 12.1 Å². The van der Waals surface area contributed by atoms with E-state index < -0.39 is 11.7 Å². The molecule has 0 unspecified atom stereocenters. The maximum Gasteiger partial charge on any atom is 0.294 e. The largest absolute Gasteiger partial charge is 0.505 e. The summed E-state index contributed by atoms with van der Waals surface area (Å²) in [5.74, 6) is -1.81. The monoisotopic (exact) mass is 314 g/mol. The molecule has 0 aliphatic carbocycles. The summed E-state index contributed by atoms with van der Waals surface area (Å²) in [5, 5.41) is 10.4. The second kappa shape index (κ2) is 5.72. The molecule has 1 aromatic heterocycles. The van der Waals surface area contributed by atoms with Crippen LogP contribution in [0.3, 0.4) is 0 Å². The molecule has 0 saturated carbocycles. The molecule has 6 heteroatoms. The van der Waals surface area contributed by atoms with Crippen LogP contribution in [0, 0.1) is 5.82 Å². The molecule has 1 N–H and O–H groups in total. The number of hydrogen-bond acceptors (Lipinski definition) is 3. The van der Waals surface area contributed by atoms with Gasteiger partial charge in [-0.15, -0.1) is 0 Å². The van der Waals surface area contributed by atoms with Gasteiger partial charge in [0.1, 0.15) is 11.6 Å². The van der Waals surface area contributed by atoms with Gasteiger partial charge in [0.25, 0.3) is 11.7 Å². The van der Waals surface area contributed by atoms with E-state index >= 15 is 0 Å². The number of likely N-dealkylation sites (N-methyl/N-ethyl adjacent to an activating group) is 1. The first kappa shape index (κ1) is 15.0. The summed E-state index contributed by atoms with van der Waals surface area (Å²) in [5.41, 5.74) is 1.39. The zero-order valence-electron chi connectivity index (χ0n) is 12.5. The van der Waals surface area contributed by atoms with Crippen molar-refractivity contribution in [2.45, 2.75) is 6.54 Å². The first-order chi connectivity index (χ1) is 11.0. The number of likely N-dealkylation sites (tertiary alicyclic amines) is 1. The summed E-state index contributed by atoms with van der Waals surface area (Å²) in [4.78, 5) is 24.8. The highest BCUT2D eigenvalue weighted by atomic mass is 19.1. The van der Waals surface area contributed by atoms with Crippen LogP contribution in [0.15, 0.2) is 48.2 Å². The summed E-state index contributed by atoms with van der Waals surface area (Å²) in [7, 11) is 1.51. The van der Waals surface area contributed by atoms with Crippen LogP contribution in [0.1, 0.15) is 11.3 Å². The van der Waals surface area contributed by atoms with Crippen molar-refractivity contribution in [3.05, 3.63) is 65.2 Å². The Kier molecular flexibility index (Phi) is 3.73. The molecule has 0 spiro atoms. The molecule has 23 heavy (non-hydrogen) atoms. The van der Waals surface area contributed by atoms with Crippen LogP contribution in [-0.4, -0.2) is 39.9 Å². The Balaban J connectivity index is 1.93. The number of Topliss-reactive ketones (excluding diaryl/α,β-unsaturated/α-hetero) is 1. The van der Waals surface area contributed by atoms with Gasteiger partial charge in [-0.05, 0) is 29.8 Å². The van der Waals surface area contributed by atoms with Gasteiger partial charge in [0.15, 0.2) is 0 Å². The number of benzene rings is 1. The Morgan fingerprint density at radius 3 is 2.52 bits per heavy atom. The van der Waals surface area contributed by atoms with Gasteiger partial charge in [0.05, 0.1) is 17.8 Å². The van der Waals surface area contributed by atoms with E-state index in [1.165, 1.54) is 24.1 Å². The molecule has 0 radical (unpaired) electrons. The highest BCUT2D eigenvalue weighted by molar-refractivity contribution is 6.46. The summed E-state index contributed by atoms with van der Waals surface area (Å²) in [6, 6.07) is 9.45. The molecule has 5 nitrogen and oxygen atoms in total. The van der Waals surface area contributed by atoms with Crippen molar-refractivity contribution in [3.8, 4) is 0 Å². The van der Waals surface area contributed by atoms with Crippen LogP contribution in [0.2, 0.25) is 0 Å². The van der Waals surface area contributed by atoms with Gasteiger partial charge in [0.2, 0.25) is 0 Å². The van der Waals surface area contributed by atoms with E-state index in [-0.39, 0.29) is 23.7 Å². The number of amides is 1. The number of rotatable bonds is 3. The number of halogens is 1. The highest BCUT2D eigenvalue weighted by Gasteiger charge is 2.35. The first-order valence-electron chi connectivity index (χ1n) is 7.09. The number of aliphatic hydroxyl groups excluding tert-OH is 1. The van der Waals surface area contributed by atoms with Crippen LogP contribution in [0.5, 0.6) is 0 Å². The predicted octanol–water partition coefficient (Wildman–Crippen LogP) is 1.99. The van der Waals surface area contributed by atoms with E-state index in [2.05, 4.69) is 0 Å². The quantitative estimate of drug-likeness (QED) is 0.535. The molecule has 118 valence electrons. The Bertz CT molecular complexity index is 806. The van der Waals surface area contributed by atoms with E-state index in [0.717, 1.165) is 5.56 Å². The van der Waals surface area contributed by atoms with Gasteiger partial charge >= 0.3 is 0 Å². The van der Waals surface area contributed by atoms with Crippen LogP contribution in [0.4, 0.5) is 4.39 Å². The minimum atomic E-state index is -0.681. The number of aliphatic hydroxyl groups is 1. The third-order valence-corrected chi connectivity index (χ3v) is 3.83. The van der Waals surface area contributed by atoms with Crippen molar-refractivity contribution in [2.24, 2.45) is 0 Å². The topological polar surface area (TPSA) is 62.5 Å². The van der Waals surface area contributed by atoms with E-state index in [0.29, 0.717) is 12.2 Å². The molecule has 1 saturated heterocycles. The van der Waals surface area contributed by atoms with Crippen molar-refractivity contribution in [3.63, 3.8) is 0 Å². The molecule has 1 fully saturated rings. The molecule has 1 amide bonds. The SMILES string of the molecule is CN1CC(=C(O)c2cccn2Cc2ccc(F)cc2)C(=O)C1=O. The first-order valence-corrected chi connectivity index (χ1v) is 7.09. The Morgan fingerprint density at radius 1 is 1.22 bits per heavy atom. The third kappa shape index (κ3) is 2.75. The van der Waals surface area contributed by atoms with E-state index in [1.54, 1.807) is 35.0 Å². The number of carbonyl (C=O) groups is 2. The summed E-state index contributed by atoms with van der Waals surface area (Å²) in [6.45, 7) is 0.503. The predicted molar refractivity (Wildman–Crippen MR) is 82.1 cm³/mol. The van der Waals surface area contributed by atoms with Crippen molar-refractivity contribution in [1.82, 2.24) is 9.47 Å². The summed E-state index contributed by atoms with van der Waals surface area (Å²) >= 11 is 0. The lowest BCUT2D eigenvalue weighted by atomic mass is 10.1. The Labute approximate surface area is 132 Å². The number of carbonyl (C=O) groups excluding carboxylic acids is 2. The molecule has 3 rings (SSSR count). The number of aromatic nitrogens is 1. The van der Waals surface area contributed by atoms with E-state index in [1.807, 2.05) is 0 Å². The molecule has 2 heterocycles. The lowest BCUT2D eigenvalue weighted by Gasteiger charge is -2.10. The fourth-order valence-electron chi connectivity index (χ4n) is 2.57. The van der Waals surface area contributed by atoms with Gasteiger partial charge in [-0.25, -0.2) is 4.39 Å². The molecule has 2 aromatic rings. The second-order valence-corrected chi connectivity index (χ2v) is 5.47. The fraction of sp³-hybridized carbons (Fsp3) is 0.176. The van der Waals surface area contributed by atoms with Gasteiger partial charge in [-0.3, -0.25) is 9.59 Å². The molecule has 1 aromatic carbocycles. The smallest absolute Gasteiger partial charge is 0.294 e. The number of nitrogens with zero attached hydrogens (tertiary/aromatic N) is 2. The van der Waals surface area contributed by atoms with Gasteiger partial charge < -0.3 is 14.6 Å². The van der Waals surface area contributed by atoms with Crippen molar-refractivity contribution in [2.75, 3.05) is 13.6 Å². The maximum atomic E-state index is 13.0. The second-order valence-electron chi connectivity index (χ2n) is 5.47. The van der Waals surface area contributed by atoms with Crippen LogP contribution >= 0.6 is 0 Å². The van der Waals surface area contributed by atoms with Crippen LogP contribution < -0.4 is 0 Å². The zero-order chi connectivity index (χ0) is 16.6. The molecular weight excluding hydrogens is 299 g/mol. The highest BCUT2D eigenvalue weighted by Crippen LogP contribution is 2.23. The average Bonchev–Trinajstić information content (AvgIpc) is 3.09. The molecule has 0 atom stereocenters. The number of hydrogen-bond donors (Lipinski definition) is 1.